The molecule has 0 radical (unpaired) electrons. The van der Waals surface area contributed by atoms with E-state index in [0.717, 1.165) is 23.8 Å². The molecule has 0 aliphatic heterocycles. The van der Waals surface area contributed by atoms with Gasteiger partial charge in [0.15, 0.2) is 0 Å². The van der Waals surface area contributed by atoms with Crippen molar-refractivity contribution in [2.45, 2.75) is 58.7 Å². The van der Waals surface area contributed by atoms with Crippen LogP contribution in [0.25, 0.3) is 10.9 Å². The lowest BCUT2D eigenvalue weighted by Gasteiger charge is -2.23. The standard InChI is InChI=1S/C29H32FN7O/c1-17(38)23-11-21(12-24-26(33-16-29(2,3)4)19(13-31)14-32-28(23)24)34-27(18-5-7-20(30)8-6-18)25-15-37(36-35-25)22-9-10-22/h5-8,11-12,14-15,17,22,27,34,38H,9-10,16H2,1-4H3,(H,32,33). The molecule has 1 aliphatic rings. The van der Waals surface area contributed by atoms with Crippen LogP contribution in [0.3, 0.4) is 0 Å². The zero-order chi connectivity index (χ0) is 27.0. The van der Waals surface area contributed by atoms with Gasteiger partial charge >= 0.3 is 0 Å². The number of fused-ring (bicyclic) bond motifs is 1. The maximum Gasteiger partial charge on any atom is 0.123 e. The highest BCUT2D eigenvalue weighted by atomic mass is 19.1. The quantitative estimate of drug-likeness (QED) is 0.270. The maximum atomic E-state index is 13.8. The van der Waals surface area contributed by atoms with Crippen LogP contribution in [0.2, 0.25) is 0 Å². The molecular weight excluding hydrogens is 481 g/mol. The molecule has 2 heterocycles. The molecule has 2 aromatic heterocycles. The number of halogens is 1. The fraction of sp³-hybridized carbons (Fsp3) is 0.379. The highest BCUT2D eigenvalue weighted by molar-refractivity contribution is 5.98. The predicted octanol–water partition coefficient (Wildman–Crippen LogP) is 5.88. The second kappa shape index (κ2) is 10.0. The van der Waals surface area contributed by atoms with E-state index in [4.69, 9.17) is 0 Å². The Morgan fingerprint density at radius 2 is 1.95 bits per heavy atom. The number of anilines is 2. The molecule has 0 bridgehead atoms. The number of hydrogen-bond donors (Lipinski definition) is 3. The van der Waals surface area contributed by atoms with Crippen LogP contribution in [0, 0.1) is 22.6 Å². The van der Waals surface area contributed by atoms with Crippen LogP contribution in [0.4, 0.5) is 15.8 Å². The van der Waals surface area contributed by atoms with Gasteiger partial charge in [-0.1, -0.05) is 38.1 Å². The number of aromatic nitrogens is 4. The topological polar surface area (TPSA) is 112 Å². The Morgan fingerprint density at radius 3 is 2.58 bits per heavy atom. The second-order valence-electron chi connectivity index (χ2n) is 11.2. The maximum absolute atomic E-state index is 13.8. The highest BCUT2D eigenvalue weighted by Crippen LogP contribution is 2.37. The van der Waals surface area contributed by atoms with Crippen LogP contribution in [-0.2, 0) is 0 Å². The van der Waals surface area contributed by atoms with Crippen molar-refractivity contribution in [3.05, 3.63) is 77.0 Å². The fourth-order valence-corrected chi connectivity index (χ4v) is 4.45. The van der Waals surface area contributed by atoms with Crippen molar-refractivity contribution in [1.82, 2.24) is 20.0 Å². The molecule has 5 rings (SSSR count). The Kier molecular flexibility index (Phi) is 6.76. The molecule has 0 spiro atoms. The Balaban J connectivity index is 1.62. The summed E-state index contributed by atoms with van der Waals surface area (Å²) in [5.74, 6) is -0.319. The van der Waals surface area contributed by atoms with Crippen molar-refractivity contribution in [2.24, 2.45) is 5.41 Å². The first-order valence-corrected chi connectivity index (χ1v) is 12.9. The Bertz CT molecular complexity index is 1490. The van der Waals surface area contributed by atoms with Gasteiger partial charge in [0.25, 0.3) is 0 Å². The van der Waals surface area contributed by atoms with E-state index in [1.807, 2.05) is 23.0 Å². The van der Waals surface area contributed by atoms with Gasteiger partial charge < -0.3 is 15.7 Å². The largest absolute Gasteiger partial charge is 0.389 e. The number of nitriles is 1. The van der Waals surface area contributed by atoms with Gasteiger partial charge in [0.05, 0.1) is 41.2 Å². The van der Waals surface area contributed by atoms with Gasteiger partial charge in [-0.15, -0.1) is 5.10 Å². The summed E-state index contributed by atoms with van der Waals surface area (Å²) in [4.78, 5) is 4.54. The third-order valence-corrected chi connectivity index (χ3v) is 6.63. The Labute approximate surface area is 221 Å². The monoisotopic (exact) mass is 513 g/mol. The lowest BCUT2D eigenvalue weighted by atomic mass is 9.96. The molecule has 0 amide bonds. The minimum atomic E-state index is -0.796. The molecule has 1 saturated carbocycles. The van der Waals surface area contributed by atoms with E-state index in [1.54, 1.807) is 25.3 Å². The summed E-state index contributed by atoms with van der Waals surface area (Å²) in [7, 11) is 0. The lowest BCUT2D eigenvalue weighted by molar-refractivity contribution is 0.200. The van der Waals surface area contributed by atoms with Crippen LogP contribution in [0.15, 0.2) is 48.8 Å². The van der Waals surface area contributed by atoms with Crippen LogP contribution < -0.4 is 10.6 Å². The van der Waals surface area contributed by atoms with Crippen molar-refractivity contribution in [1.29, 1.82) is 5.26 Å². The normalized spacial score (nSPS) is 15.2. The van der Waals surface area contributed by atoms with E-state index in [2.05, 4.69) is 52.8 Å². The highest BCUT2D eigenvalue weighted by Gasteiger charge is 2.27. The molecule has 0 saturated heterocycles. The first-order valence-electron chi connectivity index (χ1n) is 12.9. The minimum absolute atomic E-state index is 0.0215. The summed E-state index contributed by atoms with van der Waals surface area (Å²) in [5.41, 5.74) is 4.58. The van der Waals surface area contributed by atoms with E-state index in [1.165, 1.54) is 12.1 Å². The van der Waals surface area contributed by atoms with Gasteiger partial charge in [-0.2, -0.15) is 5.26 Å². The number of hydrogen-bond acceptors (Lipinski definition) is 7. The number of benzene rings is 2. The summed E-state index contributed by atoms with van der Waals surface area (Å²) >= 11 is 0. The SMILES string of the molecule is CC(O)c1cc(NC(c2ccc(F)cc2)c2cn(C3CC3)nn2)cc2c(NCC(C)(C)C)c(C#N)cnc12. The van der Waals surface area contributed by atoms with Gasteiger partial charge in [-0.25, -0.2) is 9.07 Å². The first-order chi connectivity index (χ1) is 18.1. The number of nitrogens with zero attached hydrogens (tertiary/aromatic N) is 5. The van der Waals surface area contributed by atoms with Crippen molar-refractivity contribution in [3.8, 4) is 6.07 Å². The minimum Gasteiger partial charge on any atom is -0.389 e. The summed E-state index contributed by atoms with van der Waals surface area (Å²) < 4.78 is 15.6. The summed E-state index contributed by atoms with van der Waals surface area (Å²) in [6.07, 6.45) is 4.84. The van der Waals surface area contributed by atoms with Gasteiger partial charge in [-0.3, -0.25) is 4.98 Å². The number of rotatable bonds is 8. The van der Waals surface area contributed by atoms with E-state index >= 15 is 0 Å². The molecule has 2 aromatic carbocycles. The third-order valence-electron chi connectivity index (χ3n) is 6.63. The summed E-state index contributed by atoms with van der Waals surface area (Å²) in [6, 6.07) is 12.3. The van der Waals surface area contributed by atoms with Crippen LogP contribution >= 0.6 is 0 Å². The number of pyridine rings is 1. The van der Waals surface area contributed by atoms with Gasteiger partial charge in [0.2, 0.25) is 0 Å². The average Bonchev–Trinajstić information content (AvgIpc) is 3.62. The molecule has 38 heavy (non-hydrogen) atoms. The Hall–Kier alpha value is -4.03. The smallest absolute Gasteiger partial charge is 0.123 e. The molecule has 3 N–H and O–H groups in total. The number of aliphatic hydroxyl groups excluding tert-OH is 1. The van der Waals surface area contributed by atoms with Gasteiger partial charge in [-0.05, 0) is 55.0 Å². The summed E-state index contributed by atoms with van der Waals surface area (Å²) in [6.45, 7) is 8.69. The van der Waals surface area contributed by atoms with Gasteiger partial charge in [0, 0.05) is 29.4 Å². The van der Waals surface area contributed by atoms with E-state index in [-0.39, 0.29) is 11.2 Å². The molecule has 9 heteroatoms. The van der Waals surface area contributed by atoms with Crippen LogP contribution in [0.1, 0.15) is 81.1 Å². The van der Waals surface area contributed by atoms with E-state index < -0.39 is 12.1 Å². The van der Waals surface area contributed by atoms with E-state index in [9.17, 15) is 14.8 Å². The fourth-order valence-electron chi connectivity index (χ4n) is 4.45. The lowest BCUT2D eigenvalue weighted by Crippen LogP contribution is -2.20. The van der Waals surface area contributed by atoms with Crippen molar-refractivity contribution in [3.63, 3.8) is 0 Å². The zero-order valence-electron chi connectivity index (χ0n) is 22.0. The first kappa shape index (κ1) is 25.6. The molecule has 2 atom stereocenters. The molecule has 4 aromatic rings. The number of nitrogens with one attached hydrogen (secondary N) is 2. The van der Waals surface area contributed by atoms with Crippen molar-refractivity contribution >= 4 is 22.3 Å². The molecular formula is C29H32FN7O. The van der Waals surface area contributed by atoms with Crippen molar-refractivity contribution in [2.75, 3.05) is 17.2 Å². The second-order valence-corrected chi connectivity index (χ2v) is 11.2. The van der Waals surface area contributed by atoms with Crippen molar-refractivity contribution < 1.29 is 9.50 Å². The van der Waals surface area contributed by atoms with Crippen LogP contribution in [0.5, 0.6) is 0 Å². The molecule has 1 fully saturated rings. The van der Waals surface area contributed by atoms with Crippen LogP contribution in [-0.4, -0.2) is 31.6 Å². The van der Waals surface area contributed by atoms with E-state index in [0.29, 0.717) is 46.3 Å². The molecule has 2 unspecified atom stereocenters. The third kappa shape index (κ3) is 5.46. The predicted molar refractivity (Wildman–Crippen MR) is 145 cm³/mol. The molecule has 8 nitrogen and oxygen atoms in total. The molecule has 1 aliphatic carbocycles. The average molecular weight is 514 g/mol. The number of aliphatic hydroxyl groups is 1. The van der Waals surface area contributed by atoms with Gasteiger partial charge in [0.1, 0.15) is 17.6 Å². The zero-order valence-corrected chi connectivity index (χ0v) is 22.0. The Morgan fingerprint density at radius 1 is 1.21 bits per heavy atom. The summed E-state index contributed by atoms with van der Waals surface area (Å²) in [5, 5.41) is 37.0. The molecule has 196 valence electrons.